The minimum absolute atomic E-state index is 0.0472. The second-order valence-corrected chi connectivity index (χ2v) is 12.9. The second-order valence-electron chi connectivity index (χ2n) is 10.1. The van der Waals surface area contributed by atoms with E-state index < -0.39 is 18.0 Å². The molecule has 1 saturated heterocycles. The van der Waals surface area contributed by atoms with E-state index >= 15 is 0 Å². The van der Waals surface area contributed by atoms with Crippen molar-refractivity contribution in [1.82, 2.24) is 14.6 Å². The van der Waals surface area contributed by atoms with E-state index in [9.17, 15) is 19.8 Å². The van der Waals surface area contributed by atoms with Crippen molar-refractivity contribution >= 4 is 62.3 Å². The van der Waals surface area contributed by atoms with Crippen molar-refractivity contribution in [1.29, 1.82) is 0 Å². The SMILES string of the molecule is CSc1c2sc(C3=C(C(=O)O)N4C(=O)[C@H]([C@@H](C)O)[C@H]4[C@H]3C)cn2c[n+]1Cc1cccc(CSC2=NCCN2)c1. The van der Waals surface area contributed by atoms with Gasteiger partial charge >= 0.3 is 5.97 Å². The van der Waals surface area contributed by atoms with E-state index in [0.29, 0.717) is 5.57 Å². The van der Waals surface area contributed by atoms with E-state index in [1.54, 1.807) is 41.8 Å². The van der Waals surface area contributed by atoms with Crippen molar-refractivity contribution in [2.75, 3.05) is 19.3 Å². The highest BCUT2D eigenvalue weighted by Gasteiger charge is 2.60. The quantitative estimate of drug-likeness (QED) is 0.212. The molecule has 204 valence electrons. The number of aliphatic carboxylic acids is 1. The molecule has 1 aromatic carbocycles. The zero-order chi connectivity index (χ0) is 27.4. The van der Waals surface area contributed by atoms with Crippen LogP contribution in [0.4, 0.5) is 0 Å². The highest BCUT2D eigenvalue weighted by molar-refractivity contribution is 8.13. The van der Waals surface area contributed by atoms with Crippen molar-refractivity contribution in [2.24, 2.45) is 16.8 Å². The fourth-order valence-corrected chi connectivity index (χ4v) is 8.96. The van der Waals surface area contributed by atoms with Crippen LogP contribution in [0.2, 0.25) is 0 Å². The number of imidazole rings is 1. The average Bonchev–Trinajstić information content (AvgIpc) is 3.65. The number of aliphatic imine (C=N–C) groups is 1. The monoisotopic (exact) mass is 584 g/mol. The van der Waals surface area contributed by atoms with Crippen molar-refractivity contribution < 1.29 is 24.4 Å². The summed E-state index contributed by atoms with van der Waals surface area (Å²) >= 11 is 4.93. The summed E-state index contributed by atoms with van der Waals surface area (Å²) in [5.74, 6) is -1.31. The van der Waals surface area contributed by atoms with Gasteiger partial charge in [0, 0.05) is 23.8 Å². The van der Waals surface area contributed by atoms with Gasteiger partial charge in [-0.25, -0.2) is 9.36 Å². The highest BCUT2D eigenvalue weighted by Crippen LogP contribution is 2.51. The topological polar surface area (TPSA) is 111 Å². The molecule has 1 fully saturated rings. The van der Waals surface area contributed by atoms with E-state index in [2.05, 4.69) is 49.9 Å². The van der Waals surface area contributed by atoms with Crippen LogP contribution in [0.25, 0.3) is 10.4 Å². The maximum Gasteiger partial charge on any atom is 0.352 e. The number of aliphatic hydroxyl groups is 1. The third-order valence-electron chi connectivity index (χ3n) is 7.60. The van der Waals surface area contributed by atoms with Crippen molar-refractivity contribution in [3.63, 3.8) is 0 Å². The Morgan fingerprint density at radius 3 is 2.85 bits per heavy atom. The van der Waals surface area contributed by atoms with Gasteiger partial charge in [0.2, 0.25) is 15.8 Å². The summed E-state index contributed by atoms with van der Waals surface area (Å²) in [6, 6.07) is 8.28. The third-order valence-corrected chi connectivity index (χ3v) is 10.7. The number of benzene rings is 1. The van der Waals surface area contributed by atoms with Crippen LogP contribution in [-0.4, -0.2) is 68.0 Å². The summed E-state index contributed by atoms with van der Waals surface area (Å²) in [7, 11) is 0. The predicted molar refractivity (Wildman–Crippen MR) is 154 cm³/mol. The van der Waals surface area contributed by atoms with E-state index in [4.69, 9.17) is 0 Å². The van der Waals surface area contributed by atoms with Crippen molar-refractivity contribution in [3.8, 4) is 0 Å². The van der Waals surface area contributed by atoms with Crippen LogP contribution in [0, 0.1) is 11.8 Å². The van der Waals surface area contributed by atoms with E-state index in [-0.39, 0.29) is 23.6 Å². The van der Waals surface area contributed by atoms with Gasteiger partial charge in [-0.2, -0.15) is 4.40 Å². The first-order valence-corrected chi connectivity index (χ1v) is 15.9. The number of carboxylic acid groups (broad SMARTS) is 1. The zero-order valence-corrected chi connectivity index (χ0v) is 24.3. The first-order valence-electron chi connectivity index (χ1n) is 12.8. The Hall–Kier alpha value is -2.80. The molecule has 0 aliphatic carbocycles. The number of hydrogen-bond donors (Lipinski definition) is 3. The fourth-order valence-electron chi connectivity index (χ4n) is 5.91. The standard InChI is InChI=1S/C27H29N5O4S3/c1-14-19(22(26(35)36)32-21(14)20(15(2)33)23(32)34)18-11-31-13-30(24(37-3)25(31)39-18)10-16-5-4-6-17(9-16)12-38-27-28-7-8-29-27/h4-6,9,11,13-15,20-21,33H,7-8,10,12H2,1-3H3,(H-,28,29,35,36)/p+1/t14-,15+,20+,21+/m0/s1. The van der Waals surface area contributed by atoms with E-state index in [1.807, 2.05) is 19.4 Å². The number of nitrogens with one attached hydrogen (secondary N) is 1. The molecular formula is C27H30N5O4S3+. The summed E-state index contributed by atoms with van der Waals surface area (Å²) in [4.78, 5) is 32.7. The lowest BCUT2D eigenvalue weighted by Crippen LogP contribution is -2.63. The summed E-state index contributed by atoms with van der Waals surface area (Å²) in [6.07, 6.45) is 5.26. The number of amidine groups is 1. The molecule has 9 nitrogen and oxygen atoms in total. The van der Waals surface area contributed by atoms with Crippen LogP contribution in [0.1, 0.15) is 29.9 Å². The van der Waals surface area contributed by atoms with Gasteiger partial charge in [0.25, 0.3) is 6.33 Å². The first kappa shape index (κ1) is 26.4. The largest absolute Gasteiger partial charge is 0.477 e. The number of hydrogen-bond acceptors (Lipinski definition) is 8. The Kier molecular flexibility index (Phi) is 6.98. The number of thiazole rings is 1. The predicted octanol–water partition coefficient (Wildman–Crippen LogP) is 2.90. The molecular weight excluding hydrogens is 555 g/mol. The number of carbonyl (C=O) groups excluding carboxylic acids is 1. The normalized spacial score (nSPS) is 23.2. The average molecular weight is 585 g/mol. The molecule has 4 atom stereocenters. The number of nitrogens with zero attached hydrogens (tertiary/aromatic N) is 4. The Morgan fingerprint density at radius 1 is 1.36 bits per heavy atom. The maximum absolute atomic E-state index is 12.7. The molecule has 3 N–H and O–H groups in total. The molecule has 2 aromatic heterocycles. The van der Waals surface area contributed by atoms with Crippen molar-refractivity contribution in [2.45, 2.75) is 43.3 Å². The van der Waals surface area contributed by atoms with Crippen LogP contribution in [-0.2, 0) is 21.9 Å². The van der Waals surface area contributed by atoms with E-state index in [0.717, 1.165) is 45.3 Å². The lowest BCUT2D eigenvalue weighted by atomic mass is 9.77. The van der Waals surface area contributed by atoms with Gasteiger partial charge in [0.1, 0.15) is 18.4 Å². The Labute approximate surface area is 238 Å². The summed E-state index contributed by atoms with van der Waals surface area (Å²) in [5, 5.41) is 25.6. The molecule has 1 amide bonds. The number of aliphatic hydroxyl groups excluding tert-OH is 1. The molecule has 0 radical (unpaired) electrons. The first-order chi connectivity index (χ1) is 18.8. The van der Waals surface area contributed by atoms with E-state index in [1.165, 1.54) is 16.0 Å². The number of amides is 1. The molecule has 3 aliphatic heterocycles. The third kappa shape index (κ3) is 4.47. The summed E-state index contributed by atoms with van der Waals surface area (Å²) in [5.41, 5.74) is 3.18. The number of rotatable bonds is 8. The zero-order valence-electron chi connectivity index (χ0n) is 21.8. The fraction of sp³-hybridized carbons (Fsp3) is 0.407. The Bertz CT molecular complexity index is 1540. The molecule has 0 spiro atoms. The molecule has 12 heteroatoms. The number of fused-ring (bicyclic) bond motifs is 2. The van der Waals surface area contributed by atoms with Crippen LogP contribution in [0.5, 0.6) is 0 Å². The second kappa shape index (κ2) is 10.3. The summed E-state index contributed by atoms with van der Waals surface area (Å²) in [6.45, 7) is 6.03. The molecule has 0 bridgehead atoms. The Morgan fingerprint density at radius 2 is 2.15 bits per heavy atom. The molecule has 39 heavy (non-hydrogen) atoms. The minimum atomic E-state index is -1.11. The van der Waals surface area contributed by atoms with Crippen LogP contribution >= 0.6 is 34.9 Å². The van der Waals surface area contributed by atoms with Gasteiger partial charge in [-0.3, -0.25) is 9.79 Å². The maximum atomic E-state index is 12.7. The molecule has 5 heterocycles. The number of aromatic nitrogens is 2. The van der Waals surface area contributed by atoms with Crippen LogP contribution in [0.15, 0.2) is 52.5 Å². The summed E-state index contributed by atoms with van der Waals surface area (Å²) < 4.78 is 4.28. The lowest BCUT2D eigenvalue weighted by Gasteiger charge is -2.46. The number of thioether (sulfide) groups is 2. The highest BCUT2D eigenvalue weighted by atomic mass is 32.2. The minimum Gasteiger partial charge on any atom is -0.477 e. The molecule has 3 aromatic rings. The molecule has 6 rings (SSSR count). The van der Waals surface area contributed by atoms with Crippen LogP contribution in [0.3, 0.4) is 0 Å². The Balaban J connectivity index is 1.28. The molecule has 3 aliphatic rings. The van der Waals surface area contributed by atoms with Gasteiger partial charge in [-0.1, -0.05) is 66.0 Å². The van der Waals surface area contributed by atoms with Crippen LogP contribution < -0.4 is 9.88 Å². The smallest absolute Gasteiger partial charge is 0.352 e. The van der Waals surface area contributed by atoms with Gasteiger partial charge in [-0.05, 0) is 24.3 Å². The number of carboxylic acids is 1. The van der Waals surface area contributed by atoms with Gasteiger partial charge in [0.15, 0.2) is 5.17 Å². The molecule has 0 saturated carbocycles. The number of carbonyl (C=O) groups is 2. The molecule has 0 unspecified atom stereocenters. The lowest BCUT2D eigenvalue weighted by molar-refractivity contribution is -0.721. The van der Waals surface area contributed by atoms with Gasteiger partial charge < -0.3 is 20.4 Å². The van der Waals surface area contributed by atoms with Crippen molar-refractivity contribution in [3.05, 3.63) is 58.5 Å². The van der Waals surface area contributed by atoms with Gasteiger partial charge in [-0.15, -0.1) is 0 Å². The number of β-lactam (4-membered cyclic amide) rings is 1. The van der Waals surface area contributed by atoms with Gasteiger partial charge in [0.05, 0.1) is 29.5 Å².